The molecule has 12 heteroatoms. The van der Waals surface area contributed by atoms with E-state index in [-0.39, 0.29) is 39.9 Å². The van der Waals surface area contributed by atoms with Crippen LogP contribution in [0, 0.1) is 11.8 Å². The van der Waals surface area contributed by atoms with E-state index in [1.807, 2.05) is 48.5 Å². The van der Waals surface area contributed by atoms with Gasteiger partial charge in [-0.3, -0.25) is 19.2 Å². The lowest BCUT2D eigenvalue weighted by molar-refractivity contribution is -0.120. The fourth-order valence-electron chi connectivity index (χ4n) is 4.93. The van der Waals surface area contributed by atoms with E-state index in [0.29, 0.717) is 23.1 Å². The number of hydrogen-bond acceptors (Lipinski definition) is 5. The Kier molecular flexibility index (Phi) is 9.87. The van der Waals surface area contributed by atoms with Crippen molar-refractivity contribution in [1.29, 1.82) is 0 Å². The first-order valence-corrected chi connectivity index (χ1v) is 15.8. The van der Waals surface area contributed by atoms with Crippen molar-refractivity contribution in [3.8, 4) is 0 Å². The lowest BCUT2D eigenvalue weighted by Gasteiger charge is -2.44. The number of nitrogens with zero attached hydrogens (tertiary/aromatic N) is 1. The molecule has 1 fully saturated rings. The third-order valence-electron chi connectivity index (χ3n) is 6.87. The minimum atomic E-state index is -3.77. The standard InChI is InChI=1S/C29H31Cl3N4O4S/c1-17(2)26(28(33)37)34-29(38)21-11-24(32)13-25(12-21)35-41(39,40)16-18-14-36(15-18)27(19-3-7-22(30)8-4-19)20-5-9-23(31)10-6-20/h3-13,17-18,26-27,35H,14-16H2,1-2H3,(H2,33,37)(H,34,38)/t26-/m0/s1. The van der Waals surface area contributed by atoms with Crippen LogP contribution in [0.4, 0.5) is 5.69 Å². The first-order chi connectivity index (χ1) is 19.3. The summed E-state index contributed by atoms with van der Waals surface area (Å²) in [5.41, 5.74) is 7.73. The van der Waals surface area contributed by atoms with Crippen molar-refractivity contribution < 1.29 is 18.0 Å². The molecular formula is C29H31Cl3N4O4S. The molecule has 2 amide bonds. The highest BCUT2D eigenvalue weighted by Crippen LogP contribution is 2.36. The maximum Gasteiger partial charge on any atom is 0.252 e. The molecule has 0 spiro atoms. The monoisotopic (exact) mass is 636 g/mol. The van der Waals surface area contributed by atoms with E-state index in [9.17, 15) is 18.0 Å². The zero-order chi connectivity index (χ0) is 29.9. The summed E-state index contributed by atoms with van der Waals surface area (Å²) in [7, 11) is -3.77. The zero-order valence-corrected chi connectivity index (χ0v) is 25.6. The summed E-state index contributed by atoms with van der Waals surface area (Å²) >= 11 is 18.4. The van der Waals surface area contributed by atoms with Gasteiger partial charge in [0.25, 0.3) is 5.91 Å². The van der Waals surface area contributed by atoms with E-state index in [1.165, 1.54) is 18.2 Å². The highest BCUT2D eigenvalue weighted by atomic mass is 35.5. The number of carbonyl (C=O) groups is 2. The Balaban J connectivity index is 1.43. The number of nitrogens with one attached hydrogen (secondary N) is 2. The lowest BCUT2D eigenvalue weighted by atomic mass is 9.91. The molecule has 0 bridgehead atoms. The fraction of sp³-hybridized carbons (Fsp3) is 0.310. The molecule has 3 aromatic carbocycles. The van der Waals surface area contributed by atoms with Crippen LogP contribution in [0.3, 0.4) is 0 Å². The molecule has 1 saturated heterocycles. The van der Waals surface area contributed by atoms with Gasteiger partial charge in [-0.2, -0.15) is 0 Å². The number of amides is 2. The van der Waals surface area contributed by atoms with Gasteiger partial charge in [-0.05, 0) is 59.5 Å². The average molecular weight is 638 g/mol. The number of nitrogens with two attached hydrogens (primary N) is 1. The Bertz CT molecular complexity index is 1460. The molecule has 4 N–H and O–H groups in total. The summed E-state index contributed by atoms with van der Waals surface area (Å²) < 4.78 is 28.7. The second kappa shape index (κ2) is 13.0. The molecule has 0 radical (unpaired) electrons. The third kappa shape index (κ3) is 8.14. The number of sulfonamides is 1. The molecule has 0 aliphatic carbocycles. The molecule has 218 valence electrons. The van der Waals surface area contributed by atoms with Crippen LogP contribution in [0.2, 0.25) is 15.1 Å². The minimum absolute atomic E-state index is 0.0829. The normalized spacial score (nSPS) is 15.0. The second-order valence-corrected chi connectivity index (χ2v) is 13.6. The van der Waals surface area contributed by atoms with Crippen LogP contribution in [0.5, 0.6) is 0 Å². The van der Waals surface area contributed by atoms with Gasteiger partial charge >= 0.3 is 0 Å². The smallest absolute Gasteiger partial charge is 0.252 e. The summed E-state index contributed by atoms with van der Waals surface area (Å²) in [4.78, 5) is 26.7. The van der Waals surface area contributed by atoms with Crippen LogP contribution in [-0.4, -0.2) is 50.0 Å². The van der Waals surface area contributed by atoms with Crippen molar-refractivity contribution >= 4 is 62.3 Å². The summed E-state index contributed by atoms with van der Waals surface area (Å²) in [5, 5.41) is 4.02. The number of benzene rings is 3. The van der Waals surface area contributed by atoms with Gasteiger partial charge in [-0.25, -0.2) is 8.42 Å². The fourth-order valence-corrected chi connectivity index (χ4v) is 6.81. The quantitative estimate of drug-likeness (QED) is 0.262. The van der Waals surface area contributed by atoms with Crippen molar-refractivity contribution in [1.82, 2.24) is 10.2 Å². The van der Waals surface area contributed by atoms with Crippen LogP contribution < -0.4 is 15.8 Å². The number of likely N-dealkylation sites (tertiary alicyclic amines) is 1. The van der Waals surface area contributed by atoms with Crippen molar-refractivity contribution in [3.05, 3.63) is 98.5 Å². The molecule has 3 aromatic rings. The van der Waals surface area contributed by atoms with Gasteiger partial charge in [-0.1, -0.05) is 72.9 Å². The second-order valence-electron chi connectivity index (χ2n) is 10.5. The Morgan fingerprint density at radius 1 is 0.902 bits per heavy atom. The number of primary amides is 1. The van der Waals surface area contributed by atoms with E-state index < -0.39 is 27.9 Å². The molecule has 1 aliphatic heterocycles. The lowest BCUT2D eigenvalue weighted by Crippen LogP contribution is -2.51. The molecule has 0 unspecified atom stereocenters. The van der Waals surface area contributed by atoms with E-state index in [4.69, 9.17) is 40.5 Å². The summed E-state index contributed by atoms with van der Waals surface area (Å²) in [6, 6.07) is 18.4. The van der Waals surface area contributed by atoms with Gasteiger partial charge in [0.15, 0.2) is 0 Å². The summed E-state index contributed by atoms with van der Waals surface area (Å²) in [5.74, 6) is -1.70. The Hall–Kier alpha value is -2.82. The van der Waals surface area contributed by atoms with Crippen molar-refractivity contribution in [2.24, 2.45) is 17.6 Å². The summed E-state index contributed by atoms with van der Waals surface area (Å²) in [6.45, 7) is 4.62. The van der Waals surface area contributed by atoms with Gasteiger partial charge in [0.1, 0.15) is 6.04 Å². The van der Waals surface area contributed by atoms with Crippen LogP contribution >= 0.6 is 34.8 Å². The molecule has 1 heterocycles. The Morgan fingerprint density at radius 2 is 1.44 bits per heavy atom. The molecule has 4 rings (SSSR count). The number of rotatable bonds is 11. The van der Waals surface area contributed by atoms with Gasteiger partial charge in [-0.15, -0.1) is 0 Å². The van der Waals surface area contributed by atoms with Crippen molar-refractivity contribution in [2.75, 3.05) is 23.6 Å². The molecule has 1 atom stereocenters. The van der Waals surface area contributed by atoms with E-state index in [0.717, 1.165) is 11.1 Å². The van der Waals surface area contributed by atoms with E-state index >= 15 is 0 Å². The molecule has 0 aromatic heterocycles. The van der Waals surface area contributed by atoms with Crippen LogP contribution in [0.1, 0.15) is 41.4 Å². The van der Waals surface area contributed by atoms with E-state index in [2.05, 4.69) is 14.9 Å². The highest BCUT2D eigenvalue weighted by molar-refractivity contribution is 7.92. The SMILES string of the molecule is CC(C)[C@H](NC(=O)c1cc(Cl)cc(NS(=O)(=O)CC2CN(C(c3ccc(Cl)cc3)c3ccc(Cl)cc3)C2)c1)C(N)=O. The maximum absolute atomic E-state index is 13.1. The average Bonchev–Trinajstić information content (AvgIpc) is 2.86. The van der Waals surface area contributed by atoms with Crippen LogP contribution in [0.15, 0.2) is 66.7 Å². The first-order valence-electron chi connectivity index (χ1n) is 13.0. The largest absolute Gasteiger partial charge is 0.368 e. The first kappa shape index (κ1) is 31.1. The molecular weight excluding hydrogens is 607 g/mol. The van der Waals surface area contributed by atoms with Crippen molar-refractivity contribution in [2.45, 2.75) is 25.9 Å². The maximum atomic E-state index is 13.1. The molecule has 0 saturated carbocycles. The number of anilines is 1. The predicted molar refractivity (Wildman–Crippen MR) is 164 cm³/mol. The van der Waals surface area contributed by atoms with Gasteiger partial charge in [0.05, 0.1) is 17.5 Å². The number of carbonyl (C=O) groups excluding carboxylic acids is 2. The topological polar surface area (TPSA) is 122 Å². The van der Waals surface area contributed by atoms with Gasteiger partial charge < -0.3 is 11.1 Å². The van der Waals surface area contributed by atoms with Crippen LogP contribution in [0.25, 0.3) is 0 Å². The van der Waals surface area contributed by atoms with E-state index in [1.54, 1.807) is 13.8 Å². The van der Waals surface area contributed by atoms with Gasteiger partial charge in [0, 0.05) is 39.6 Å². The zero-order valence-electron chi connectivity index (χ0n) is 22.5. The Labute approximate surface area is 255 Å². The number of halogens is 3. The minimum Gasteiger partial charge on any atom is -0.368 e. The summed E-state index contributed by atoms with van der Waals surface area (Å²) in [6.07, 6.45) is 0. The number of hydrogen-bond donors (Lipinski definition) is 3. The molecule has 1 aliphatic rings. The predicted octanol–water partition coefficient (Wildman–Crippen LogP) is 5.35. The van der Waals surface area contributed by atoms with Crippen LogP contribution in [-0.2, 0) is 14.8 Å². The molecule has 41 heavy (non-hydrogen) atoms. The van der Waals surface area contributed by atoms with Gasteiger partial charge in [0.2, 0.25) is 15.9 Å². The molecule has 8 nitrogen and oxygen atoms in total. The van der Waals surface area contributed by atoms with Crippen molar-refractivity contribution in [3.63, 3.8) is 0 Å². The highest BCUT2D eigenvalue weighted by Gasteiger charge is 2.36. The Morgan fingerprint density at radius 3 is 1.93 bits per heavy atom. The third-order valence-corrected chi connectivity index (χ3v) is 9.05.